The zero-order valence-corrected chi connectivity index (χ0v) is 10.5. The largest absolute Gasteiger partial charge is 0.478 e. The predicted molar refractivity (Wildman–Crippen MR) is 71.2 cm³/mol. The highest BCUT2D eigenvalue weighted by molar-refractivity contribution is 5.88. The summed E-state index contributed by atoms with van der Waals surface area (Å²) in [5, 5.41) is 12.2. The maximum atomic E-state index is 11.0. The minimum absolute atomic E-state index is 0.236. The number of carboxylic acids is 1. The van der Waals surface area contributed by atoms with Crippen LogP contribution in [0, 0.1) is 0 Å². The molecule has 19 heavy (non-hydrogen) atoms. The van der Waals surface area contributed by atoms with Gasteiger partial charge in [-0.1, -0.05) is 6.07 Å². The van der Waals surface area contributed by atoms with Gasteiger partial charge in [0.25, 0.3) is 0 Å². The normalized spacial score (nSPS) is 16.1. The monoisotopic (exact) mass is 263 g/mol. The first-order chi connectivity index (χ1) is 9.06. The molecule has 102 valence electrons. The van der Waals surface area contributed by atoms with Crippen molar-refractivity contribution in [3.63, 3.8) is 0 Å². The number of rotatable bonds is 3. The number of likely N-dealkylation sites (tertiary alicyclic amines) is 1. The summed E-state index contributed by atoms with van der Waals surface area (Å²) in [6, 6.07) is 6.58. The molecule has 0 atom stereocenters. The van der Waals surface area contributed by atoms with Crippen molar-refractivity contribution < 1.29 is 14.7 Å². The Morgan fingerprint density at radius 3 is 2.58 bits per heavy atom. The van der Waals surface area contributed by atoms with E-state index in [-0.39, 0.29) is 17.6 Å². The van der Waals surface area contributed by atoms with Crippen LogP contribution in [-0.4, -0.2) is 41.1 Å². The minimum Gasteiger partial charge on any atom is -0.478 e. The van der Waals surface area contributed by atoms with Crippen molar-refractivity contribution in [2.24, 2.45) is 5.73 Å². The number of nitrogens with zero attached hydrogens (tertiary/aromatic N) is 1. The van der Waals surface area contributed by atoms with Gasteiger partial charge in [0.05, 0.1) is 5.56 Å². The van der Waals surface area contributed by atoms with E-state index in [4.69, 9.17) is 10.8 Å². The highest BCUT2D eigenvalue weighted by atomic mass is 16.4. The number of anilines is 1. The number of aromatic carboxylic acids is 1. The first kappa shape index (κ1) is 13.2. The summed E-state index contributed by atoms with van der Waals surface area (Å²) in [4.78, 5) is 23.5. The van der Waals surface area contributed by atoms with E-state index in [1.165, 1.54) is 0 Å². The Morgan fingerprint density at radius 2 is 2.00 bits per heavy atom. The number of carbonyl (C=O) groups is 2. The van der Waals surface area contributed by atoms with Gasteiger partial charge in [0.2, 0.25) is 0 Å². The van der Waals surface area contributed by atoms with E-state index in [0.29, 0.717) is 13.1 Å². The number of carboxylic acid groups (broad SMARTS) is 1. The molecule has 1 saturated heterocycles. The average molecular weight is 263 g/mol. The van der Waals surface area contributed by atoms with Crippen LogP contribution >= 0.6 is 0 Å². The third kappa shape index (κ3) is 3.37. The fraction of sp³-hybridized carbons (Fsp3) is 0.385. The molecule has 0 saturated carbocycles. The molecule has 6 nitrogen and oxygen atoms in total. The van der Waals surface area contributed by atoms with E-state index in [2.05, 4.69) is 5.32 Å². The van der Waals surface area contributed by atoms with Crippen LogP contribution in [0.2, 0.25) is 0 Å². The number of amides is 2. The van der Waals surface area contributed by atoms with Gasteiger partial charge in [0.15, 0.2) is 0 Å². The zero-order valence-electron chi connectivity index (χ0n) is 10.5. The van der Waals surface area contributed by atoms with Crippen LogP contribution in [0.5, 0.6) is 0 Å². The molecule has 4 N–H and O–H groups in total. The molecule has 0 spiro atoms. The van der Waals surface area contributed by atoms with Crippen molar-refractivity contribution in [3.05, 3.63) is 29.8 Å². The van der Waals surface area contributed by atoms with Gasteiger partial charge in [-0.2, -0.15) is 0 Å². The molecular weight excluding hydrogens is 246 g/mol. The van der Waals surface area contributed by atoms with Crippen LogP contribution in [0.3, 0.4) is 0 Å². The van der Waals surface area contributed by atoms with E-state index in [1.807, 2.05) is 6.07 Å². The Labute approximate surface area is 111 Å². The summed E-state index contributed by atoms with van der Waals surface area (Å²) in [5.74, 6) is -0.938. The zero-order chi connectivity index (χ0) is 13.8. The van der Waals surface area contributed by atoms with Gasteiger partial charge in [-0.25, -0.2) is 9.59 Å². The van der Waals surface area contributed by atoms with Gasteiger partial charge in [0.1, 0.15) is 0 Å². The predicted octanol–water partition coefficient (Wildman–Crippen LogP) is 1.34. The maximum absolute atomic E-state index is 11.0. The lowest BCUT2D eigenvalue weighted by Crippen LogP contribution is -2.44. The van der Waals surface area contributed by atoms with Crippen LogP contribution in [0.25, 0.3) is 0 Å². The van der Waals surface area contributed by atoms with Gasteiger partial charge >= 0.3 is 12.0 Å². The number of nitrogens with one attached hydrogen (secondary N) is 1. The van der Waals surface area contributed by atoms with Crippen molar-refractivity contribution in [2.45, 2.75) is 18.9 Å². The molecule has 0 radical (unpaired) electrons. The van der Waals surface area contributed by atoms with Gasteiger partial charge in [-0.05, 0) is 31.0 Å². The number of hydrogen-bond donors (Lipinski definition) is 3. The minimum atomic E-state index is -0.938. The smallest absolute Gasteiger partial charge is 0.335 e. The van der Waals surface area contributed by atoms with Gasteiger partial charge in [-0.3, -0.25) is 0 Å². The van der Waals surface area contributed by atoms with E-state index >= 15 is 0 Å². The number of carbonyl (C=O) groups excluding carboxylic acids is 1. The summed E-state index contributed by atoms with van der Waals surface area (Å²) in [6.45, 7) is 1.26. The molecule has 0 aliphatic carbocycles. The van der Waals surface area contributed by atoms with Crippen LogP contribution in [-0.2, 0) is 0 Å². The molecular formula is C13H17N3O3. The van der Waals surface area contributed by atoms with E-state index in [1.54, 1.807) is 23.1 Å². The summed E-state index contributed by atoms with van der Waals surface area (Å²) < 4.78 is 0. The van der Waals surface area contributed by atoms with Gasteiger partial charge in [-0.15, -0.1) is 0 Å². The van der Waals surface area contributed by atoms with Crippen molar-refractivity contribution >= 4 is 17.7 Å². The second-order valence-electron chi connectivity index (χ2n) is 4.63. The Balaban J connectivity index is 1.94. The number of hydrogen-bond acceptors (Lipinski definition) is 3. The summed E-state index contributed by atoms with van der Waals surface area (Å²) in [7, 11) is 0. The van der Waals surface area contributed by atoms with Crippen LogP contribution < -0.4 is 11.1 Å². The fourth-order valence-electron chi connectivity index (χ4n) is 2.22. The Morgan fingerprint density at radius 1 is 1.32 bits per heavy atom. The number of primary amides is 1. The Kier molecular flexibility index (Phi) is 3.89. The standard InChI is InChI=1S/C13H17N3O3/c14-13(19)16-6-4-10(5-7-16)15-11-3-1-2-9(8-11)12(17)18/h1-3,8,10,15H,4-7H2,(H2,14,19)(H,17,18). The SMILES string of the molecule is NC(=O)N1CCC(Nc2cccc(C(=O)O)c2)CC1. The maximum Gasteiger partial charge on any atom is 0.335 e. The van der Waals surface area contributed by atoms with Crippen molar-refractivity contribution in [1.29, 1.82) is 0 Å². The molecule has 2 rings (SSSR count). The number of urea groups is 1. The highest BCUT2D eigenvalue weighted by Gasteiger charge is 2.21. The van der Waals surface area contributed by atoms with E-state index in [9.17, 15) is 9.59 Å². The topological polar surface area (TPSA) is 95.7 Å². The molecule has 1 aromatic rings. The lowest BCUT2D eigenvalue weighted by molar-refractivity contribution is 0.0697. The lowest BCUT2D eigenvalue weighted by Gasteiger charge is -2.31. The molecule has 6 heteroatoms. The second kappa shape index (κ2) is 5.60. The molecule has 0 unspecified atom stereocenters. The van der Waals surface area contributed by atoms with Crippen molar-refractivity contribution in [2.75, 3.05) is 18.4 Å². The first-order valence-corrected chi connectivity index (χ1v) is 6.20. The van der Waals surface area contributed by atoms with Gasteiger partial charge < -0.3 is 21.1 Å². The van der Waals surface area contributed by atoms with E-state index < -0.39 is 5.97 Å². The number of benzene rings is 1. The number of piperidine rings is 1. The van der Waals surface area contributed by atoms with Crippen LogP contribution in [0.1, 0.15) is 23.2 Å². The van der Waals surface area contributed by atoms with Crippen LogP contribution in [0.4, 0.5) is 10.5 Å². The molecule has 1 aliphatic rings. The Bertz CT molecular complexity index is 482. The van der Waals surface area contributed by atoms with Crippen molar-refractivity contribution in [1.82, 2.24) is 4.90 Å². The lowest BCUT2D eigenvalue weighted by atomic mass is 10.0. The first-order valence-electron chi connectivity index (χ1n) is 6.20. The molecule has 1 fully saturated rings. The molecule has 0 bridgehead atoms. The molecule has 1 aliphatic heterocycles. The quantitative estimate of drug-likeness (QED) is 0.766. The highest BCUT2D eigenvalue weighted by Crippen LogP contribution is 2.17. The molecule has 2 amide bonds. The fourth-order valence-corrected chi connectivity index (χ4v) is 2.22. The summed E-state index contributed by atoms with van der Waals surface area (Å²) >= 11 is 0. The van der Waals surface area contributed by atoms with Gasteiger partial charge in [0, 0.05) is 24.8 Å². The van der Waals surface area contributed by atoms with Crippen molar-refractivity contribution in [3.8, 4) is 0 Å². The molecule has 1 heterocycles. The molecule has 1 aromatic carbocycles. The number of nitrogens with two attached hydrogens (primary N) is 1. The third-order valence-electron chi connectivity index (χ3n) is 3.29. The molecule has 0 aromatic heterocycles. The van der Waals surface area contributed by atoms with E-state index in [0.717, 1.165) is 18.5 Å². The Hall–Kier alpha value is -2.24. The van der Waals surface area contributed by atoms with Crippen LogP contribution in [0.15, 0.2) is 24.3 Å². The summed E-state index contributed by atoms with van der Waals surface area (Å²) in [5.41, 5.74) is 6.27. The summed E-state index contributed by atoms with van der Waals surface area (Å²) in [6.07, 6.45) is 1.61. The third-order valence-corrected chi connectivity index (χ3v) is 3.29. The average Bonchev–Trinajstić information content (AvgIpc) is 2.39. The second-order valence-corrected chi connectivity index (χ2v) is 4.63.